The number of allylic oxidation sites excluding steroid dienone is 14. The van der Waals surface area contributed by atoms with Gasteiger partial charge < -0.3 is 27.9 Å². The van der Waals surface area contributed by atoms with Crippen LogP contribution in [0.5, 0.6) is 0 Å². The lowest BCUT2D eigenvalue weighted by Crippen LogP contribution is -2.37. The first kappa shape index (κ1) is 59.2. The molecule has 0 N–H and O–H groups in total. The van der Waals surface area contributed by atoms with Crippen molar-refractivity contribution in [2.45, 2.75) is 187 Å². The van der Waals surface area contributed by atoms with E-state index >= 15 is 0 Å². The lowest BCUT2D eigenvalue weighted by molar-refractivity contribution is -0.870. The quantitative estimate of drug-likeness (QED) is 0.0196. The number of phosphoric acid groups is 1. The fourth-order valence-corrected chi connectivity index (χ4v) is 6.87. The Morgan fingerprint density at radius 3 is 1.44 bits per heavy atom. The second-order valence-corrected chi connectivity index (χ2v) is 18.5. The smallest absolute Gasteiger partial charge is 0.306 e. The molecule has 0 aromatic heterocycles. The van der Waals surface area contributed by atoms with Crippen molar-refractivity contribution in [2.24, 2.45) is 0 Å². The van der Waals surface area contributed by atoms with E-state index in [9.17, 15) is 19.0 Å². The van der Waals surface area contributed by atoms with Crippen molar-refractivity contribution in [1.29, 1.82) is 0 Å². The molecule has 1 unspecified atom stereocenters. The molecule has 0 aliphatic rings. The van der Waals surface area contributed by atoms with Gasteiger partial charge in [0, 0.05) is 12.8 Å². The summed E-state index contributed by atoms with van der Waals surface area (Å²) < 4.78 is 33.9. The molecular weight excluding hydrogens is 798 g/mol. The largest absolute Gasteiger partial charge is 0.756 e. The minimum absolute atomic E-state index is 0.0487. The van der Waals surface area contributed by atoms with E-state index in [0.717, 1.165) is 57.8 Å². The van der Waals surface area contributed by atoms with E-state index < -0.39 is 32.5 Å². The number of quaternary nitrogens is 1. The lowest BCUT2D eigenvalue weighted by atomic mass is 10.1. The van der Waals surface area contributed by atoms with Crippen molar-refractivity contribution in [1.82, 2.24) is 0 Å². The molecule has 62 heavy (non-hydrogen) atoms. The molecule has 9 nitrogen and oxygen atoms in total. The first-order chi connectivity index (χ1) is 30.0. The second kappa shape index (κ2) is 43.4. The van der Waals surface area contributed by atoms with Crippen molar-refractivity contribution in [3.63, 3.8) is 0 Å². The molecule has 0 bridgehead atoms. The molecule has 0 amide bonds. The van der Waals surface area contributed by atoms with E-state index in [1.807, 2.05) is 33.3 Å². The molecule has 0 radical (unpaired) electrons. The Labute approximate surface area is 380 Å². The molecule has 0 aliphatic heterocycles. The standard InChI is InChI=1S/C52H90NO8P/c1-6-8-10-12-14-16-18-20-22-24-26-28-30-32-34-36-38-40-42-44-51(54)58-48-50(49-60-62(56,57)59-47-46-53(3,4)5)61-52(55)45-43-41-39-37-35-33-31-29-27-25-23-21-19-17-15-13-11-9-7-2/h9,11,15,17,20-23,27,29,33,35,39,41,50H,6-8,10,12-14,16,18-19,24-26,28,30-32,34,36-38,40,42-49H2,1-5H3/b11-9-,17-15-,22-20-,23-21-,29-27-,35-33-,41-39-/t50-/m1/s1. The van der Waals surface area contributed by atoms with E-state index in [1.165, 1.54) is 83.5 Å². The number of carbonyl (C=O) groups is 2. The third-order valence-electron chi connectivity index (χ3n) is 9.91. The Bertz CT molecular complexity index is 1330. The van der Waals surface area contributed by atoms with Crippen LogP contribution in [-0.2, 0) is 32.7 Å². The van der Waals surface area contributed by atoms with Crippen LogP contribution < -0.4 is 4.89 Å². The highest BCUT2D eigenvalue weighted by atomic mass is 31.2. The van der Waals surface area contributed by atoms with Gasteiger partial charge in [0.1, 0.15) is 19.8 Å². The first-order valence-electron chi connectivity index (χ1n) is 24.3. The number of unbranched alkanes of at least 4 members (excludes halogenated alkanes) is 15. The fourth-order valence-electron chi connectivity index (χ4n) is 6.15. The average Bonchev–Trinajstić information content (AvgIpc) is 3.23. The summed E-state index contributed by atoms with van der Waals surface area (Å²) in [6.07, 6.45) is 56.3. The van der Waals surface area contributed by atoms with E-state index in [2.05, 4.69) is 86.8 Å². The van der Waals surface area contributed by atoms with Crippen LogP contribution >= 0.6 is 7.82 Å². The minimum Gasteiger partial charge on any atom is -0.756 e. The van der Waals surface area contributed by atoms with Gasteiger partial charge in [-0.1, -0.05) is 176 Å². The molecular formula is C52H90NO8P. The molecule has 0 rings (SSSR count). The van der Waals surface area contributed by atoms with Crippen molar-refractivity contribution < 1.29 is 42.1 Å². The van der Waals surface area contributed by atoms with Crippen molar-refractivity contribution in [2.75, 3.05) is 47.5 Å². The number of carbonyl (C=O) groups excluding carboxylic acids is 2. The van der Waals surface area contributed by atoms with Crippen LogP contribution in [-0.4, -0.2) is 70.0 Å². The SMILES string of the molecule is CC/C=C\C/C=C\C/C=C\C/C=C\C/C=C\C/C=C\CCC(=O)O[C@H](COC(=O)CCCCCCCCCCC/C=C\CCCCCCCC)COP(=O)([O-])OCC[N+](C)(C)C. The highest BCUT2D eigenvalue weighted by Crippen LogP contribution is 2.38. The molecule has 356 valence electrons. The Morgan fingerprint density at radius 1 is 0.516 bits per heavy atom. The highest BCUT2D eigenvalue weighted by Gasteiger charge is 2.21. The Kier molecular flexibility index (Phi) is 41.5. The number of nitrogens with zero attached hydrogens (tertiary/aromatic N) is 1. The van der Waals surface area contributed by atoms with E-state index in [1.54, 1.807) is 0 Å². The van der Waals surface area contributed by atoms with Crippen LogP contribution in [0, 0.1) is 0 Å². The van der Waals surface area contributed by atoms with Crippen LogP contribution in [0.15, 0.2) is 85.1 Å². The van der Waals surface area contributed by atoms with Crippen LogP contribution in [0.3, 0.4) is 0 Å². The predicted molar refractivity (Wildman–Crippen MR) is 259 cm³/mol. The lowest BCUT2D eigenvalue weighted by Gasteiger charge is -2.28. The molecule has 10 heteroatoms. The number of hydrogen-bond acceptors (Lipinski definition) is 8. The van der Waals surface area contributed by atoms with E-state index in [4.69, 9.17) is 18.5 Å². The number of rotatable bonds is 43. The normalized spacial score (nSPS) is 14.2. The highest BCUT2D eigenvalue weighted by molar-refractivity contribution is 7.45. The third kappa shape index (κ3) is 46.7. The molecule has 0 spiro atoms. The summed E-state index contributed by atoms with van der Waals surface area (Å²) in [5.74, 6) is -0.939. The summed E-state index contributed by atoms with van der Waals surface area (Å²) in [5.41, 5.74) is 0. The zero-order valence-electron chi connectivity index (χ0n) is 40.0. The molecule has 0 aromatic rings. The molecule has 0 saturated carbocycles. The van der Waals surface area contributed by atoms with Crippen molar-refractivity contribution in [3.05, 3.63) is 85.1 Å². The summed E-state index contributed by atoms with van der Waals surface area (Å²) in [6, 6.07) is 0. The van der Waals surface area contributed by atoms with Gasteiger partial charge in [-0.05, 0) is 77.0 Å². The summed E-state index contributed by atoms with van der Waals surface area (Å²) in [5, 5.41) is 0. The zero-order chi connectivity index (χ0) is 45.7. The van der Waals surface area contributed by atoms with Crippen LogP contribution in [0.4, 0.5) is 0 Å². The summed E-state index contributed by atoms with van der Waals surface area (Å²) in [7, 11) is 1.11. The zero-order valence-corrected chi connectivity index (χ0v) is 40.9. The molecule has 2 atom stereocenters. The van der Waals surface area contributed by atoms with E-state index in [0.29, 0.717) is 23.9 Å². The van der Waals surface area contributed by atoms with Gasteiger partial charge in [-0.3, -0.25) is 14.2 Å². The molecule has 0 aliphatic carbocycles. The van der Waals surface area contributed by atoms with Gasteiger partial charge in [0.2, 0.25) is 0 Å². The van der Waals surface area contributed by atoms with E-state index in [-0.39, 0.29) is 26.1 Å². The number of hydrogen-bond donors (Lipinski definition) is 0. The van der Waals surface area contributed by atoms with Crippen LogP contribution in [0.1, 0.15) is 181 Å². The van der Waals surface area contributed by atoms with Crippen molar-refractivity contribution >= 4 is 19.8 Å². The number of likely N-dealkylation sites (N-methyl/N-ethyl adjacent to an activating group) is 1. The summed E-state index contributed by atoms with van der Waals surface area (Å²) in [4.78, 5) is 37.6. The third-order valence-corrected chi connectivity index (χ3v) is 10.9. The topological polar surface area (TPSA) is 111 Å². The fraction of sp³-hybridized carbons (Fsp3) is 0.692. The van der Waals surface area contributed by atoms with Crippen molar-refractivity contribution in [3.8, 4) is 0 Å². The number of esters is 2. The van der Waals surface area contributed by atoms with Gasteiger partial charge >= 0.3 is 11.9 Å². The van der Waals surface area contributed by atoms with Crippen LogP contribution in [0.25, 0.3) is 0 Å². The summed E-state index contributed by atoms with van der Waals surface area (Å²) in [6.45, 7) is 4.02. The molecule has 0 heterocycles. The van der Waals surface area contributed by atoms with Gasteiger partial charge in [-0.2, -0.15) is 0 Å². The molecule has 0 saturated heterocycles. The average molecular weight is 888 g/mol. The minimum atomic E-state index is -4.65. The van der Waals surface area contributed by atoms with Gasteiger partial charge in [-0.25, -0.2) is 0 Å². The van der Waals surface area contributed by atoms with Gasteiger partial charge in [0.25, 0.3) is 7.82 Å². The van der Waals surface area contributed by atoms with Crippen LogP contribution in [0.2, 0.25) is 0 Å². The Morgan fingerprint density at radius 2 is 0.952 bits per heavy atom. The maximum absolute atomic E-state index is 12.7. The molecule has 0 fully saturated rings. The van der Waals surface area contributed by atoms with Gasteiger partial charge in [0.05, 0.1) is 27.7 Å². The number of ether oxygens (including phenoxy) is 2. The maximum atomic E-state index is 12.7. The molecule has 0 aromatic carbocycles. The Balaban J connectivity index is 4.42. The monoisotopic (exact) mass is 888 g/mol. The van der Waals surface area contributed by atoms with Gasteiger partial charge in [-0.15, -0.1) is 0 Å². The first-order valence-corrected chi connectivity index (χ1v) is 25.8. The maximum Gasteiger partial charge on any atom is 0.306 e. The second-order valence-electron chi connectivity index (χ2n) is 17.1. The Hall–Kier alpha value is -2.81. The summed E-state index contributed by atoms with van der Waals surface area (Å²) >= 11 is 0. The van der Waals surface area contributed by atoms with Gasteiger partial charge in [0.15, 0.2) is 6.10 Å². The number of phosphoric ester groups is 1. The predicted octanol–water partition coefficient (Wildman–Crippen LogP) is 13.7.